The molecule has 0 aliphatic rings. The number of rotatable bonds is 14. The molecule has 0 saturated carbocycles. The van der Waals surface area contributed by atoms with Crippen molar-refractivity contribution in [3.63, 3.8) is 0 Å². The molecule has 3 amide bonds. The maximum atomic E-state index is 13.6. The summed E-state index contributed by atoms with van der Waals surface area (Å²) in [5.74, 6) is 0.337. The first-order valence-electron chi connectivity index (χ1n) is 15.4. The summed E-state index contributed by atoms with van der Waals surface area (Å²) >= 11 is 7.51. The molecule has 50 heavy (non-hydrogen) atoms. The second-order valence-corrected chi connectivity index (χ2v) is 12.2. The normalized spacial score (nSPS) is 10.9. The van der Waals surface area contributed by atoms with Crippen LogP contribution in [-0.2, 0) is 16.2 Å². The van der Waals surface area contributed by atoms with Gasteiger partial charge in [0.05, 0.1) is 30.7 Å². The SMILES string of the molecule is COc1cc(OC)c(NC(=O)CSc2cccc(NC(=O)/C(=C\c3ccc(OCc4ccccc4)cc3)NC(=O)c3ccccc3)c2)cc1Cl. The van der Waals surface area contributed by atoms with Gasteiger partial charge in [0.1, 0.15) is 29.6 Å². The first-order valence-corrected chi connectivity index (χ1v) is 16.8. The van der Waals surface area contributed by atoms with Gasteiger partial charge in [-0.1, -0.05) is 78.3 Å². The molecule has 5 aromatic rings. The van der Waals surface area contributed by atoms with Gasteiger partial charge in [0.25, 0.3) is 11.8 Å². The highest BCUT2D eigenvalue weighted by Crippen LogP contribution is 2.36. The van der Waals surface area contributed by atoms with Crippen LogP contribution in [0.15, 0.2) is 132 Å². The number of halogens is 1. The fourth-order valence-corrected chi connectivity index (χ4v) is 5.66. The molecule has 3 N–H and O–H groups in total. The van der Waals surface area contributed by atoms with E-state index in [4.69, 9.17) is 25.8 Å². The van der Waals surface area contributed by atoms with Crippen molar-refractivity contribution in [2.24, 2.45) is 0 Å². The Hall–Kier alpha value is -5.71. The minimum absolute atomic E-state index is 0.0429. The molecule has 0 unspecified atom stereocenters. The topological polar surface area (TPSA) is 115 Å². The summed E-state index contributed by atoms with van der Waals surface area (Å²) in [6.07, 6.45) is 1.60. The van der Waals surface area contributed by atoms with Gasteiger partial charge in [-0.05, 0) is 65.7 Å². The summed E-state index contributed by atoms with van der Waals surface area (Å²) in [7, 11) is 2.98. The van der Waals surface area contributed by atoms with Gasteiger partial charge in [-0.25, -0.2) is 0 Å². The lowest BCUT2D eigenvalue weighted by Gasteiger charge is -2.13. The number of thioether (sulfide) groups is 1. The standard InChI is InChI=1S/C39H34ClN3O6S/c1-47-35-23-36(48-2)33(22-32(35)40)42-37(44)25-50-31-15-9-14-29(21-31)41-39(46)34(43-38(45)28-12-7-4-8-13-28)20-26-16-18-30(19-17-26)49-24-27-10-5-3-6-11-27/h3-23H,24-25H2,1-2H3,(H,41,46)(H,42,44)(H,43,45)/b34-20+. The highest BCUT2D eigenvalue weighted by atomic mass is 35.5. The Balaban J connectivity index is 1.26. The summed E-state index contributed by atoms with van der Waals surface area (Å²) in [6, 6.07) is 35.9. The third-order valence-electron chi connectivity index (χ3n) is 7.18. The van der Waals surface area contributed by atoms with E-state index in [1.807, 2.05) is 42.5 Å². The smallest absolute Gasteiger partial charge is 0.272 e. The van der Waals surface area contributed by atoms with Crippen LogP contribution >= 0.6 is 23.4 Å². The maximum absolute atomic E-state index is 13.6. The lowest BCUT2D eigenvalue weighted by atomic mass is 10.1. The molecule has 5 aromatic carbocycles. The van der Waals surface area contributed by atoms with Gasteiger partial charge in [0.2, 0.25) is 5.91 Å². The van der Waals surface area contributed by atoms with Crippen molar-refractivity contribution in [3.8, 4) is 17.2 Å². The predicted molar refractivity (Wildman–Crippen MR) is 198 cm³/mol. The van der Waals surface area contributed by atoms with Gasteiger partial charge in [0, 0.05) is 22.2 Å². The fourth-order valence-electron chi connectivity index (χ4n) is 4.67. The Labute approximate surface area is 299 Å². The van der Waals surface area contributed by atoms with Crippen LogP contribution in [0.25, 0.3) is 6.08 Å². The van der Waals surface area contributed by atoms with Crippen molar-refractivity contribution < 1.29 is 28.6 Å². The Morgan fingerprint density at radius 3 is 2.16 bits per heavy atom. The van der Waals surface area contributed by atoms with Gasteiger partial charge in [0.15, 0.2) is 0 Å². The van der Waals surface area contributed by atoms with Gasteiger partial charge >= 0.3 is 0 Å². The zero-order valence-corrected chi connectivity index (χ0v) is 28.8. The van der Waals surface area contributed by atoms with Crippen molar-refractivity contribution >= 4 is 58.5 Å². The molecule has 0 aromatic heterocycles. The fraction of sp³-hybridized carbons (Fsp3) is 0.103. The number of nitrogens with one attached hydrogen (secondary N) is 3. The van der Waals surface area contributed by atoms with Crippen molar-refractivity contribution in [2.75, 3.05) is 30.6 Å². The average Bonchev–Trinajstić information content (AvgIpc) is 3.14. The van der Waals surface area contributed by atoms with Crippen molar-refractivity contribution in [2.45, 2.75) is 11.5 Å². The van der Waals surface area contributed by atoms with E-state index in [0.717, 1.165) is 10.5 Å². The second-order valence-electron chi connectivity index (χ2n) is 10.7. The Morgan fingerprint density at radius 1 is 0.760 bits per heavy atom. The zero-order valence-electron chi connectivity index (χ0n) is 27.3. The van der Waals surface area contributed by atoms with Crippen LogP contribution < -0.4 is 30.2 Å². The minimum atomic E-state index is -0.526. The van der Waals surface area contributed by atoms with Crippen LogP contribution in [-0.4, -0.2) is 37.7 Å². The van der Waals surface area contributed by atoms with Crippen LogP contribution in [0.1, 0.15) is 21.5 Å². The zero-order chi connectivity index (χ0) is 35.3. The molecule has 0 bridgehead atoms. The molecule has 0 atom stereocenters. The summed E-state index contributed by atoms with van der Waals surface area (Å²) in [6.45, 7) is 0.422. The molecule has 0 heterocycles. The van der Waals surface area contributed by atoms with Crippen molar-refractivity contribution in [3.05, 3.63) is 149 Å². The molecule has 0 spiro atoms. The molecule has 0 aliphatic heterocycles. The summed E-state index contributed by atoms with van der Waals surface area (Å²) in [4.78, 5) is 40.2. The van der Waals surface area contributed by atoms with Crippen molar-refractivity contribution in [1.29, 1.82) is 0 Å². The Bertz CT molecular complexity index is 1970. The molecule has 254 valence electrons. The van der Waals surface area contributed by atoms with Gasteiger partial charge in [-0.2, -0.15) is 0 Å². The van der Waals surface area contributed by atoms with E-state index in [1.165, 1.54) is 26.0 Å². The number of amides is 3. The van der Waals surface area contributed by atoms with E-state index < -0.39 is 11.8 Å². The molecule has 0 aliphatic carbocycles. The highest BCUT2D eigenvalue weighted by molar-refractivity contribution is 8.00. The Morgan fingerprint density at radius 2 is 1.46 bits per heavy atom. The van der Waals surface area contributed by atoms with Crippen LogP contribution in [0.3, 0.4) is 0 Å². The van der Waals surface area contributed by atoms with Gasteiger partial charge in [-0.3, -0.25) is 14.4 Å². The first kappa shape index (κ1) is 35.6. The lowest BCUT2D eigenvalue weighted by Crippen LogP contribution is -2.30. The third kappa shape index (κ3) is 10.1. The van der Waals surface area contributed by atoms with E-state index in [1.54, 1.807) is 84.9 Å². The number of hydrogen-bond donors (Lipinski definition) is 3. The van der Waals surface area contributed by atoms with Crippen LogP contribution in [0.2, 0.25) is 5.02 Å². The number of carbonyl (C=O) groups excluding carboxylic acids is 3. The minimum Gasteiger partial charge on any atom is -0.495 e. The summed E-state index contributed by atoms with van der Waals surface area (Å²) < 4.78 is 16.5. The van der Waals surface area contributed by atoms with E-state index in [0.29, 0.717) is 51.4 Å². The van der Waals surface area contributed by atoms with E-state index in [2.05, 4.69) is 16.0 Å². The molecular weight excluding hydrogens is 674 g/mol. The number of methoxy groups -OCH3 is 2. The monoisotopic (exact) mass is 707 g/mol. The molecule has 0 fully saturated rings. The Kier molecular flexibility index (Phi) is 12.5. The van der Waals surface area contributed by atoms with E-state index in [-0.39, 0.29) is 17.4 Å². The third-order valence-corrected chi connectivity index (χ3v) is 8.47. The van der Waals surface area contributed by atoms with Crippen LogP contribution in [0.5, 0.6) is 17.2 Å². The molecule has 0 saturated heterocycles. The molecule has 0 radical (unpaired) electrons. The molecular formula is C39H34ClN3O6S. The largest absolute Gasteiger partial charge is 0.495 e. The number of benzene rings is 5. The quantitative estimate of drug-likeness (QED) is 0.0790. The van der Waals surface area contributed by atoms with Gasteiger partial charge < -0.3 is 30.2 Å². The average molecular weight is 708 g/mol. The lowest BCUT2D eigenvalue weighted by molar-refractivity contribution is -0.114. The van der Waals surface area contributed by atoms with E-state index in [9.17, 15) is 14.4 Å². The predicted octanol–water partition coefficient (Wildman–Crippen LogP) is 8.08. The van der Waals surface area contributed by atoms with E-state index >= 15 is 0 Å². The number of anilines is 2. The highest BCUT2D eigenvalue weighted by Gasteiger charge is 2.16. The first-order chi connectivity index (χ1) is 24.3. The molecule has 5 rings (SSSR count). The number of carbonyl (C=O) groups is 3. The van der Waals surface area contributed by atoms with Crippen LogP contribution in [0.4, 0.5) is 11.4 Å². The molecule has 11 heteroatoms. The number of hydrogen-bond acceptors (Lipinski definition) is 7. The maximum Gasteiger partial charge on any atom is 0.272 e. The second kappa shape index (κ2) is 17.6. The van der Waals surface area contributed by atoms with Gasteiger partial charge in [-0.15, -0.1) is 11.8 Å². The molecule has 9 nitrogen and oxygen atoms in total. The number of ether oxygens (including phenoxy) is 3. The van der Waals surface area contributed by atoms with Crippen LogP contribution in [0, 0.1) is 0 Å². The van der Waals surface area contributed by atoms with Crippen molar-refractivity contribution in [1.82, 2.24) is 5.32 Å². The summed E-state index contributed by atoms with van der Waals surface area (Å²) in [5.41, 5.74) is 3.07. The summed E-state index contributed by atoms with van der Waals surface area (Å²) in [5, 5.41) is 8.76.